The molecule has 0 atom stereocenters. The lowest BCUT2D eigenvalue weighted by atomic mass is 10.00. The molecule has 29 heavy (non-hydrogen) atoms. The number of carbonyl (C=O) groups excluding carboxylic acids is 2. The quantitative estimate of drug-likeness (QED) is 0.346. The second kappa shape index (κ2) is 8.42. The van der Waals surface area contributed by atoms with Gasteiger partial charge in [0.15, 0.2) is 0 Å². The van der Waals surface area contributed by atoms with Gasteiger partial charge in [0.2, 0.25) is 0 Å². The molecule has 3 aromatic carbocycles. The Balaban J connectivity index is 2.16. The van der Waals surface area contributed by atoms with E-state index in [0.29, 0.717) is 10.9 Å². The van der Waals surface area contributed by atoms with Gasteiger partial charge in [-0.15, -0.1) is 0 Å². The van der Waals surface area contributed by atoms with Crippen LogP contribution in [0.25, 0.3) is 21.9 Å². The van der Waals surface area contributed by atoms with Crippen molar-refractivity contribution in [3.63, 3.8) is 0 Å². The Labute approximate surface area is 167 Å². The summed E-state index contributed by atoms with van der Waals surface area (Å²) < 4.78 is 46.1. The number of carbonyl (C=O) groups is 2. The van der Waals surface area contributed by atoms with E-state index < -0.39 is 22.1 Å². The first-order valence-corrected chi connectivity index (χ1v) is 10.1. The molecule has 0 aliphatic rings. The van der Waals surface area contributed by atoms with Crippen LogP contribution >= 0.6 is 0 Å². The minimum Gasteiger partial charge on any atom is -0.744 e. The second-order valence-electron chi connectivity index (χ2n) is 6.17. The number of benzene rings is 3. The van der Waals surface area contributed by atoms with Crippen LogP contribution < -0.4 is 4.74 Å². The van der Waals surface area contributed by atoms with Gasteiger partial charge >= 0.3 is 11.9 Å². The SMILES string of the molecule is COC(=O)CCC(=O)Oc1cc(-c2ccccc2)c(S(=O)(=O)[O-])c2ccccc12. The van der Waals surface area contributed by atoms with Gasteiger partial charge in [0.1, 0.15) is 15.9 Å². The highest BCUT2D eigenvalue weighted by Gasteiger charge is 2.20. The Kier molecular flexibility index (Phi) is 5.95. The van der Waals surface area contributed by atoms with Gasteiger partial charge in [-0.2, -0.15) is 0 Å². The van der Waals surface area contributed by atoms with Crippen molar-refractivity contribution in [2.75, 3.05) is 7.11 Å². The molecule has 0 amide bonds. The van der Waals surface area contributed by atoms with Gasteiger partial charge in [-0.05, 0) is 11.6 Å². The molecule has 0 saturated heterocycles. The second-order valence-corrected chi connectivity index (χ2v) is 7.48. The number of rotatable bonds is 6. The first-order chi connectivity index (χ1) is 13.8. The van der Waals surface area contributed by atoms with E-state index in [0.717, 1.165) is 0 Å². The van der Waals surface area contributed by atoms with Crippen LogP contribution in [0.1, 0.15) is 12.8 Å². The Hall–Kier alpha value is -3.23. The maximum atomic E-state index is 12.2. The maximum absolute atomic E-state index is 12.2. The van der Waals surface area contributed by atoms with Crippen LogP contribution in [-0.2, 0) is 24.4 Å². The normalized spacial score (nSPS) is 11.2. The van der Waals surface area contributed by atoms with E-state index >= 15 is 0 Å². The average Bonchev–Trinajstić information content (AvgIpc) is 2.71. The molecule has 0 N–H and O–H groups in total. The average molecular weight is 413 g/mol. The van der Waals surface area contributed by atoms with Gasteiger partial charge in [0.25, 0.3) is 0 Å². The number of hydrogen-bond acceptors (Lipinski definition) is 7. The van der Waals surface area contributed by atoms with Gasteiger partial charge in [0, 0.05) is 16.3 Å². The summed E-state index contributed by atoms with van der Waals surface area (Å²) >= 11 is 0. The van der Waals surface area contributed by atoms with Crippen molar-refractivity contribution in [2.24, 2.45) is 0 Å². The molecule has 0 fully saturated rings. The first-order valence-electron chi connectivity index (χ1n) is 8.66. The van der Waals surface area contributed by atoms with E-state index in [9.17, 15) is 22.6 Å². The van der Waals surface area contributed by atoms with E-state index in [1.807, 2.05) is 0 Å². The van der Waals surface area contributed by atoms with Crippen LogP contribution in [0.15, 0.2) is 65.6 Å². The summed E-state index contributed by atoms with van der Waals surface area (Å²) in [6.45, 7) is 0. The molecule has 7 nitrogen and oxygen atoms in total. The van der Waals surface area contributed by atoms with Gasteiger partial charge in [-0.1, -0.05) is 54.6 Å². The van der Waals surface area contributed by atoms with E-state index in [1.165, 1.54) is 19.2 Å². The van der Waals surface area contributed by atoms with Crippen molar-refractivity contribution >= 4 is 32.8 Å². The molecule has 150 valence electrons. The summed E-state index contributed by atoms with van der Waals surface area (Å²) in [5.41, 5.74) is 0.620. The van der Waals surface area contributed by atoms with E-state index in [2.05, 4.69) is 4.74 Å². The zero-order valence-electron chi connectivity index (χ0n) is 15.5. The molecule has 0 radical (unpaired) electrons. The molecule has 3 rings (SSSR count). The smallest absolute Gasteiger partial charge is 0.311 e. The van der Waals surface area contributed by atoms with Crippen LogP contribution in [-0.4, -0.2) is 32.0 Å². The fourth-order valence-electron chi connectivity index (χ4n) is 2.98. The lowest BCUT2D eigenvalue weighted by Crippen LogP contribution is -2.12. The Morgan fingerprint density at radius 2 is 1.48 bits per heavy atom. The van der Waals surface area contributed by atoms with Gasteiger partial charge < -0.3 is 14.0 Å². The highest BCUT2D eigenvalue weighted by atomic mass is 32.2. The zero-order chi connectivity index (χ0) is 21.0. The van der Waals surface area contributed by atoms with Crippen molar-refractivity contribution < 1.29 is 32.0 Å². The van der Waals surface area contributed by atoms with Crippen LogP contribution in [0, 0.1) is 0 Å². The lowest BCUT2D eigenvalue weighted by Gasteiger charge is -2.19. The summed E-state index contributed by atoms with van der Waals surface area (Å²) in [5.74, 6) is -1.14. The summed E-state index contributed by atoms with van der Waals surface area (Å²) in [4.78, 5) is 23.1. The molecule has 0 heterocycles. The summed E-state index contributed by atoms with van der Waals surface area (Å²) in [6.07, 6.45) is -0.352. The lowest BCUT2D eigenvalue weighted by molar-refractivity contribution is -0.144. The fraction of sp³-hybridized carbons (Fsp3) is 0.143. The van der Waals surface area contributed by atoms with Gasteiger partial charge in [-0.3, -0.25) is 9.59 Å². The molecule has 0 bridgehead atoms. The van der Waals surface area contributed by atoms with Crippen molar-refractivity contribution in [1.82, 2.24) is 0 Å². The van der Waals surface area contributed by atoms with Crippen molar-refractivity contribution in [1.29, 1.82) is 0 Å². The number of ether oxygens (including phenoxy) is 2. The largest absolute Gasteiger partial charge is 0.744 e. The van der Waals surface area contributed by atoms with E-state index in [4.69, 9.17) is 4.74 Å². The molecule has 0 spiro atoms. The predicted molar refractivity (Wildman–Crippen MR) is 104 cm³/mol. The molecule has 0 aliphatic carbocycles. The standard InChI is InChI=1S/C21H18O7S/c1-27-19(22)11-12-20(23)28-18-13-17(14-7-3-2-4-8-14)21(29(24,25)26)16-10-6-5-9-15(16)18/h2-10,13H,11-12H2,1H3,(H,24,25,26)/p-1. The highest BCUT2D eigenvalue weighted by molar-refractivity contribution is 7.86. The third-order valence-electron chi connectivity index (χ3n) is 4.28. The molecule has 8 heteroatoms. The van der Waals surface area contributed by atoms with Crippen LogP contribution in [0.3, 0.4) is 0 Å². The Bertz CT molecular complexity index is 1170. The van der Waals surface area contributed by atoms with E-state index in [-0.39, 0.29) is 34.4 Å². The van der Waals surface area contributed by atoms with Gasteiger partial charge in [-0.25, -0.2) is 8.42 Å². The van der Waals surface area contributed by atoms with Crippen LogP contribution in [0.2, 0.25) is 0 Å². The molecule has 0 saturated carbocycles. The minimum atomic E-state index is -4.83. The maximum Gasteiger partial charge on any atom is 0.311 e. The third kappa shape index (κ3) is 4.61. The van der Waals surface area contributed by atoms with Crippen molar-refractivity contribution in [2.45, 2.75) is 17.7 Å². The van der Waals surface area contributed by atoms with Crippen molar-refractivity contribution in [3.8, 4) is 16.9 Å². The molecule has 0 aliphatic heterocycles. The highest BCUT2D eigenvalue weighted by Crippen LogP contribution is 2.39. The Morgan fingerprint density at radius 3 is 2.10 bits per heavy atom. The molecule has 3 aromatic rings. The molecule has 0 unspecified atom stereocenters. The fourth-order valence-corrected chi connectivity index (χ4v) is 3.87. The summed E-state index contributed by atoms with van der Waals surface area (Å²) in [7, 11) is -3.61. The van der Waals surface area contributed by atoms with Crippen LogP contribution in [0.4, 0.5) is 0 Å². The predicted octanol–water partition coefficient (Wildman–Crippen LogP) is 3.27. The number of methoxy groups -OCH3 is 1. The minimum absolute atomic E-state index is 0.0988. The Morgan fingerprint density at radius 1 is 0.897 bits per heavy atom. The molecule has 0 aromatic heterocycles. The van der Waals surface area contributed by atoms with Crippen molar-refractivity contribution in [3.05, 3.63) is 60.7 Å². The third-order valence-corrected chi connectivity index (χ3v) is 5.22. The summed E-state index contributed by atoms with van der Waals surface area (Å²) in [6, 6.07) is 16.1. The van der Waals surface area contributed by atoms with Gasteiger partial charge in [0.05, 0.1) is 24.8 Å². The van der Waals surface area contributed by atoms with E-state index in [1.54, 1.807) is 48.5 Å². The number of esters is 2. The van der Waals surface area contributed by atoms with Crippen LogP contribution in [0.5, 0.6) is 5.75 Å². The molecular weight excluding hydrogens is 396 g/mol. The summed E-state index contributed by atoms with van der Waals surface area (Å²) in [5, 5.41) is 0.452. The monoisotopic (exact) mass is 413 g/mol. The first kappa shape index (κ1) is 20.5. The topological polar surface area (TPSA) is 110 Å². The number of fused-ring (bicyclic) bond motifs is 1. The zero-order valence-corrected chi connectivity index (χ0v) is 16.3. The molecular formula is C21H17O7S-. The number of hydrogen-bond donors (Lipinski definition) is 0.